The number of likely N-dealkylation sites (tertiary alicyclic amines) is 1. The predicted octanol–water partition coefficient (Wildman–Crippen LogP) is 2.52. The molecule has 3 unspecified atom stereocenters. The highest BCUT2D eigenvalue weighted by molar-refractivity contribution is 5.41. The van der Waals surface area contributed by atoms with Crippen molar-refractivity contribution in [3.63, 3.8) is 0 Å². The summed E-state index contributed by atoms with van der Waals surface area (Å²) in [6.07, 6.45) is 2.36. The Morgan fingerprint density at radius 2 is 2.20 bits per heavy atom. The highest BCUT2D eigenvalue weighted by atomic mass is 16.5. The molecule has 1 heterocycles. The average molecular weight is 278 g/mol. The van der Waals surface area contributed by atoms with E-state index in [2.05, 4.69) is 18.7 Å². The molecule has 112 valence electrons. The Labute approximate surface area is 121 Å². The van der Waals surface area contributed by atoms with Crippen molar-refractivity contribution in [1.29, 1.82) is 0 Å². The standard InChI is InChI=1S/C16H26N2O2/c1-11-4-5-13(9-17)10-18(11)12(2)15-8-14(20-3)6-7-16(15)19/h6-8,11-13,19H,4-5,9-10,17H2,1-3H3. The van der Waals surface area contributed by atoms with Gasteiger partial charge in [-0.25, -0.2) is 0 Å². The lowest BCUT2D eigenvalue weighted by molar-refractivity contribution is 0.0800. The van der Waals surface area contributed by atoms with E-state index in [1.165, 1.54) is 6.42 Å². The fourth-order valence-electron chi connectivity index (χ4n) is 3.12. The van der Waals surface area contributed by atoms with Crippen molar-refractivity contribution >= 4 is 0 Å². The second kappa shape index (κ2) is 6.46. The maximum absolute atomic E-state index is 10.1. The molecule has 3 N–H and O–H groups in total. The monoisotopic (exact) mass is 278 g/mol. The fourth-order valence-corrected chi connectivity index (χ4v) is 3.12. The Hall–Kier alpha value is -1.26. The van der Waals surface area contributed by atoms with E-state index in [-0.39, 0.29) is 6.04 Å². The minimum atomic E-state index is 0.162. The van der Waals surface area contributed by atoms with Gasteiger partial charge in [0.1, 0.15) is 11.5 Å². The number of hydrogen-bond acceptors (Lipinski definition) is 4. The lowest BCUT2D eigenvalue weighted by Crippen LogP contribution is -2.45. The molecule has 0 amide bonds. The van der Waals surface area contributed by atoms with Gasteiger partial charge in [0.25, 0.3) is 0 Å². The number of nitrogens with zero attached hydrogens (tertiary/aromatic N) is 1. The molecule has 4 heteroatoms. The number of aromatic hydroxyl groups is 1. The molecule has 4 nitrogen and oxygen atoms in total. The van der Waals surface area contributed by atoms with Crippen molar-refractivity contribution in [3.05, 3.63) is 23.8 Å². The number of phenolic OH excluding ortho intramolecular Hbond substituents is 1. The molecule has 0 spiro atoms. The van der Waals surface area contributed by atoms with Gasteiger partial charge in [0.05, 0.1) is 7.11 Å². The number of piperidine rings is 1. The Morgan fingerprint density at radius 1 is 1.45 bits per heavy atom. The van der Waals surface area contributed by atoms with Crippen molar-refractivity contribution in [2.24, 2.45) is 11.7 Å². The average Bonchev–Trinajstić information content (AvgIpc) is 2.47. The van der Waals surface area contributed by atoms with Gasteiger partial charge in [-0.3, -0.25) is 4.90 Å². The highest BCUT2D eigenvalue weighted by Gasteiger charge is 2.29. The summed E-state index contributed by atoms with van der Waals surface area (Å²) in [5.74, 6) is 1.67. The van der Waals surface area contributed by atoms with Gasteiger partial charge in [-0.05, 0) is 57.4 Å². The van der Waals surface area contributed by atoms with E-state index < -0.39 is 0 Å². The van der Waals surface area contributed by atoms with E-state index in [0.717, 1.165) is 30.8 Å². The quantitative estimate of drug-likeness (QED) is 0.888. The van der Waals surface area contributed by atoms with Crippen LogP contribution in [0.1, 0.15) is 38.3 Å². The smallest absolute Gasteiger partial charge is 0.120 e. The zero-order valence-corrected chi connectivity index (χ0v) is 12.7. The molecule has 3 atom stereocenters. The van der Waals surface area contributed by atoms with Gasteiger partial charge in [0.2, 0.25) is 0 Å². The number of benzene rings is 1. The van der Waals surface area contributed by atoms with Crippen LogP contribution in [-0.2, 0) is 0 Å². The van der Waals surface area contributed by atoms with Crippen LogP contribution >= 0.6 is 0 Å². The maximum Gasteiger partial charge on any atom is 0.120 e. The summed E-state index contributed by atoms with van der Waals surface area (Å²) < 4.78 is 5.27. The lowest BCUT2D eigenvalue weighted by Gasteiger charge is -2.41. The third kappa shape index (κ3) is 3.07. The molecule has 0 bridgehead atoms. The third-order valence-corrected chi connectivity index (χ3v) is 4.54. The first-order chi connectivity index (χ1) is 9.56. The summed E-state index contributed by atoms with van der Waals surface area (Å²) in [7, 11) is 1.65. The largest absolute Gasteiger partial charge is 0.508 e. The van der Waals surface area contributed by atoms with Crippen LogP contribution in [0.3, 0.4) is 0 Å². The Balaban J connectivity index is 2.22. The van der Waals surface area contributed by atoms with Crippen molar-refractivity contribution in [1.82, 2.24) is 4.90 Å². The van der Waals surface area contributed by atoms with Gasteiger partial charge < -0.3 is 15.6 Å². The maximum atomic E-state index is 10.1. The SMILES string of the molecule is COc1ccc(O)c(C(C)N2CC(CN)CCC2C)c1. The molecule has 1 saturated heterocycles. The minimum Gasteiger partial charge on any atom is -0.508 e. The van der Waals surface area contributed by atoms with Crippen LogP contribution in [-0.4, -0.2) is 36.2 Å². The van der Waals surface area contributed by atoms with Gasteiger partial charge in [-0.1, -0.05) is 0 Å². The van der Waals surface area contributed by atoms with E-state index in [1.807, 2.05) is 6.07 Å². The van der Waals surface area contributed by atoms with Gasteiger partial charge >= 0.3 is 0 Å². The molecule has 1 aliphatic heterocycles. The number of rotatable bonds is 4. The minimum absolute atomic E-state index is 0.162. The molecule has 0 radical (unpaired) electrons. The topological polar surface area (TPSA) is 58.7 Å². The van der Waals surface area contributed by atoms with Crippen LogP contribution in [0, 0.1) is 5.92 Å². The van der Waals surface area contributed by atoms with Crippen molar-refractivity contribution in [2.75, 3.05) is 20.2 Å². The molecule has 1 aliphatic rings. The number of ether oxygens (including phenoxy) is 1. The van der Waals surface area contributed by atoms with Crippen LogP contribution in [0.25, 0.3) is 0 Å². The molecule has 1 aromatic carbocycles. The zero-order chi connectivity index (χ0) is 14.7. The molecule has 0 aliphatic carbocycles. The van der Waals surface area contributed by atoms with Crippen LogP contribution in [0.5, 0.6) is 11.5 Å². The number of methoxy groups -OCH3 is 1. The van der Waals surface area contributed by atoms with Gasteiger partial charge in [0.15, 0.2) is 0 Å². The molecule has 2 rings (SSSR count). The summed E-state index contributed by atoms with van der Waals surface area (Å²) in [6.45, 7) is 6.12. The Morgan fingerprint density at radius 3 is 2.85 bits per heavy atom. The van der Waals surface area contributed by atoms with E-state index in [1.54, 1.807) is 19.2 Å². The van der Waals surface area contributed by atoms with E-state index in [4.69, 9.17) is 10.5 Å². The molecule has 1 fully saturated rings. The predicted molar refractivity (Wildman–Crippen MR) is 81.0 cm³/mol. The van der Waals surface area contributed by atoms with Gasteiger partial charge in [0, 0.05) is 24.2 Å². The third-order valence-electron chi connectivity index (χ3n) is 4.54. The van der Waals surface area contributed by atoms with Crippen molar-refractivity contribution in [3.8, 4) is 11.5 Å². The van der Waals surface area contributed by atoms with Crippen LogP contribution in [0.15, 0.2) is 18.2 Å². The Bertz CT molecular complexity index is 450. The van der Waals surface area contributed by atoms with Crippen molar-refractivity contribution < 1.29 is 9.84 Å². The molecule has 1 aromatic rings. The van der Waals surface area contributed by atoms with Gasteiger partial charge in [-0.2, -0.15) is 0 Å². The first-order valence-electron chi connectivity index (χ1n) is 7.39. The molecular weight excluding hydrogens is 252 g/mol. The van der Waals surface area contributed by atoms with Crippen LogP contribution in [0.4, 0.5) is 0 Å². The molecule has 0 saturated carbocycles. The zero-order valence-electron chi connectivity index (χ0n) is 12.7. The van der Waals surface area contributed by atoms with Crippen molar-refractivity contribution in [2.45, 2.75) is 38.8 Å². The molecular formula is C16H26N2O2. The summed E-state index contributed by atoms with van der Waals surface area (Å²) >= 11 is 0. The van der Waals surface area contributed by atoms with Crippen LogP contribution < -0.4 is 10.5 Å². The second-order valence-electron chi connectivity index (χ2n) is 5.83. The summed E-state index contributed by atoms with van der Waals surface area (Å²) in [4.78, 5) is 2.44. The van der Waals surface area contributed by atoms with Gasteiger partial charge in [-0.15, -0.1) is 0 Å². The van der Waals surface area contributed by atoms with E-state index in [9.17, 15) is 5.11 Å². The second-order valence-corrected chi connectivity index (χ2v) is 5.83. The van der Waals surface area contributed by atoms with E-state index in [0.29, 0.717) is 17.7 Å². The number of hydrogen-bond donors (Lipinski definition) is 2. The highest BCUT2D eigenvalue weighted by Crippen LogP contribution is 2.35. The summed E-state index contributed by atoms with van der Waals surface area (Å²) in [5, 5.41) is 10.1. The van der Waals surface area contributed by atoms with Crippen LogP contribution in [0.2, 0.25) is 0 Å². The molecule has 0 aromatic heterocycles. The first-order valence-corrected chi connectivity index (χ1v) is 7.39. The fraction of sp³-hybridized carbons (Fsp3) is 0.625. The summed E-state index contributed by atoms with van der Waals surface area (Å²) in [6, 6.07) is 6.10. The Kier molecular flexibility index (Phi) is 4.89. The summed E-state index contributed by atoms with van der Waals surface area (Å²) in [5.41, 5.74) is 6.75. The normalized spacial score (nSPS) is 25.4. The molecule has 20 heavy (non-hydrogen) atoms. The first kappa shape index (κ1) is 15.1. The number of nitrogens with two attached hydrogens (primary N) is 1. The number of phenols is 1. The lowest BCUT2D eigenvalue weighted by atomic mass is 9.91. The van der Waals surface area contributed by atoms with E-state index >= 15 is 0 Å².